The van der Waals surface area contributed by atoms with Gasteiger partial charge in [-0.1, -0.05) is 6.07 Å². The number of hydrogen-bond acceptors (Lipinski definition) is 2. The number of fused-ring (bicyclic) bond motifs is 1. The van der Waals surface area contributed by atoms with E-state index >= 15 is 0 Å². The van der Waals surface area contributed by atoms with Gasteiger partial charge in [0, 0.05) is 39.0 Å². The van der Waals surface area contributed by atoms with Crippen molar-refractivity contribution in [2.75, 3.05) is 20.1 Å². The highest BCUT2D eigenvalue weighted by Crippen LogP contribution is 2.11. The van der Waals surface area contributed by atoms with Crippen molar-refractivity contribution in [1.29, 1.82) is 0 Å². The van der Waals surface area contributed by atoms with Crippen LogP contribution in [0.4, 0.5) is 8.78 Å². The summed E-state index contributed by atoms with van der Waals surface area (Å²) in [5.41, 5.74) is 3.44. The van der Waals surface area contributed by atoms with Crippen LogP contribution in [-0.2, 0) is 12.8 Å². The van der Waals surface area contributed by atoms with Crippen LogP contribution in [0.3, 0.4) is 0 Å². The van der Waals surface area contributed by atoms with Crippen LogP contribution >= 0.6 is 24.0 Å². The lowest BCUT2D eigenvalue weighted by Gasteiger charge is -2.11. The fourth-order valence-electron chi connectivity index (χ4n) is 2.90. The van der Waals surface area contributed by atoms with Crippen molar-refractivity contribution in [2.45, 2.75) is 19.8 Å². The van der Waals surface area contributed by atoms with Gasteiger partial charge >= 0.3 is 0 Å². The molecule has 3 aromatic rings. The van der Waals surface area contributed by atoms with Crippen LogP contribution < -0.4 is 10.6 Å². The van der Waals surface area contributed by atoms with Crippen LogP contribution in [0.1, 0.15) is 16.8 Å². The second-order valence-corrected chi connectivity index (χ2v) is 6.32. The summed E-state index contributed by atoms with van der Waals surface area (Å²) >= 11 is 0. The number of nitrogens with one attached hydrogen (secondary N) is 2. The SMILES string of the molecule is CN=C(NCCc1cn2cccc(C)c2n1)NCCc1cc(F)ccc1F.I. The summed E-state index contributed by atoms with van der Waals surface area (Å²) in [5.74, 6) is -0.216. The van der Waals surface area contributed by atoms with Gasteiger partial charge in [-0.2, -0.15) is 0 Å². The van der Waals surface area contributed by atoms with Crippen molar-refractivity contribution in [3.8, 4) is 0 Å². The van der Waals surface area contributed by atoms with Crippen LogP contribution in [0.25, 0.3) is 5.65 Å². The molecule has 8 heteroatoms. The molecule has 2 aromatic heterocycles. The fourth-order valence-corrected chi connectivity index (χ4v) is 2.90. The molecule has 0 atom stereocenters. The Labute approximate surface area is 180 Å². The number of aromatic nitrogens is 2. The number of benzene rings is 1. The second kappa shape index (κ2) is 10.4. The highest BCUT2D eigenvalue weighted by atomic mass is 127. The van der Waals surface area contributed by atoms with Crippen LogP contribution in [0.2, 0.25) is 0 Å². The van der Waals surface area contributed by atoms with Crippen LogP contribution in [0.15, 0.2) is 47.7 Å². The van der Waals surface area contributed by atoms with Crippen molar-refractivity contribution < 1.29 is 8.78 Å². The van der Waals surface area contributed by atoms with E-state index < -0.39 is 11.6 Å². The normalized spacial score (nSPS) is 11.4. The highest BCUT2D eigenvalue weighted by molar-refractivity contribution is 14.0. The van der Waals surface area contributed by atoms with Gasteiger partial charge in [-0.3, -0.25) is 4.99 Å². The van der Waals surface area contributed by atoms with Gasteiger partial charge in [-0.05, 0) is 48.7 Å². The Balaban J connectivity index is 0.00000280. The first kappa shape index (κ1) is 22.1. The molecule has 0 saturated heterocycles. The lowest BCUT2D eigenvalue weighted by Crippen LogP contribution is -2.39. The first-order valence-corrected chi connectivity index (χ1v) is 8.88. The summed E-state index contributed by atoms with van der Waals surface area (Å²) < 4.78 is 28.9. The molecule has 0 fully saturated rings. The van der Waals surface area contributed by atoms with Crippen LogP contribution in [-0.4, -0.2) is 35.5 Å². The first-order chi connectivity index (χ1) is 13.1. The average Bonchev–Trinajstić information content (AvgIpc) is 3.07. The summed E-state index contributed by atoms with van der Waals surface area (Å²) in [7, 11) is 1.67. The monoisotopic (exact) mass is 499 g/mol. The molecule has 0 spiro atoms. The fraction of sp³-hybridized carbons (Fsp3) is 0.300. The van der Waals surface area contributed by atoms with Gasteiger partial charge in [0.25, 0.3) is 0 Å². The number of guanidine groups is 1. The molecule has 2 N–H and O–H groups in total. The lowest BCUT2D eigenvalue weighted by molar-refractivity contribution is 0.583. The Bertz CT molecular complexity index is 955. The summed E-state index contributed by atoms with van der Waals surface area (Å²) in [6.45, 7) is 3.15. The van der Waals surface area contributed by atoms with E-state index in [1.54, 1.807) is 7.05 Å². The van der Waals surface area contributed by atoms with E-state index in [1.165, 1.54) is 6.07 Å². The number of rotatable bonds is 6. The number of nitrogens with zero attached hydrogens (tertiary/aromatic N) is 3. The van der Waals surface area contributed by atoms with E-state index in [1.807, 2.05) is 35.9 Å². The molecule has 1 aromatic carbocycles. The maximum Gasteiger partial charge on any atom is 0.190 e. The zero-order valence-corrected chi connectivity index (χ0v) is 18.2. The van der Waals surface area contributed by atoms with Crippen molar-refractivity contribution in [2.24, 2.45) is 4.99 Å². The quantitative estimate of drug-likeness (QED) is 0.310. The summed E-state index contributed by atoms with van der Waals surface area (Å²) in [6.07, 6.45) is 5.13. The minimum atomic E-state index is -0.434. The molecule has 0 bridgehead atoms. The van der Waals surface area contributed by atoms with Crippen molar-refractivity contribution in [3.05, 3.63) is 71.2 Å². The Kier molecular flexibility index (Phi) is 8.16. The van der Waals surface area contributed by atoms with Crippen molar-refractivity contribution >= 4 is 35.6 Å². The molecule has 0 aliphatic rings. The number of hydrogen-bond donors (Lipinski definition) is 2. The van der Waals surface area contributed by atoms with Crippen molar-refractivity contribution in [1.82, 2.24) is 20.0 Å². The molecule has 0 saturated carbocycles. The largest absolute Gasteiger partial charge is 0.356 e. The number of halogens is 3. The zero-order chi connectivity index (χ0) is 19.2. The van der Waals surface area contributed by atoms with E-state index in [9.17, 15) is 8.78 Å². The first-order valence-electron chi connectivity index (χ1n) is 8.88. The molecule has 0 radical (unpaired) electrons. The molecule has 0 amide bonds. The third kappa shape index (κ3) is 5.63. The Morgan fingerprint density at radius 1 is 1.14 bits per heavy atom. The lowest BCUT2D eigenvalue weighted by atomic mass is 10.1. The van der Waals surface area contributed by atoms with Gasteiger partial charge in [-0.15, -0.1) is 24.0 Å². The third-order valence-electron chi connectivity index (χ3n) is 4.32. The average molecular weight is 499 g/mol. The number of aryl methyl sites for hydroxylation is 1. The number of pyridine rings is 1. The Morgan fingerprint density at radius 3 is 2.61 bits per heavy atom. The van der Waals surface area contributed by atoms with Gasteiger partial charge in [0.05, 0.1) is 5.69 Å². The van der Waals surface area contributed by atoms with E-state index in [2.05, 4.69) is 20.6 Å². The maximum atomic E-state index is 13.6. The molecule has 0 aliphatic carbocycles. The van der Waals surface area contributed by atoms with E-state index in [0.717, 1.165) is 35.5 Å². The predicted octanol–water partition coefficient (Wildman–Crippen LogP) is 3.49. The van der Waals surface area contributed by atoms with Crippen molar-refractivity contribution in [3.63, 3.8) is 0 Å². The second-order valence-electron chi connectivity index (χ2n) is 6.32. The highest BCUT2D eigenvalue weighted by Gasteiger charge is 2.06. The molecule has 3 rings (SSSR count). The molecule has 28 heavy (non-hydrogen) atoms. The number of aliphatic imine (C=N–C) groups is 1. The molecule has 2 heterocycles. The third-order valence-corrected chi connectivity index (χ3v) is 4.32. The van der Waals surface area contributed by atoms with E-state index in [0.29, 0.717) is 31.0 Å². The van der Waals surface area contributed by atoms with Crippen LogP contribution in [0.5, 0.6) is 0 Å². The van der Waals surface area contributed by atoms with Gasteiger partial charge in [0.2, 0.25) is 0 Å². The minimum absolute atomic E-state index is 0. The zero-order valence-electron chi connectivity index (χ0n) is 15.9. The van der Waals surface area contributed by atoms with Gasteiger partial charge in [0.1, 0.15) is 17.3 Å². The van der Waals surface area contributed by atoms with E-state index in [4.69, 9.17) is 0 Å². The molecular weight excluding hydrogens is 475 g/mol. The summed E-state index contributed by atoms with van der Waals surface area (Å²) in [5, 5.41) is 6.32. The Hall–Kier alpha value is -2.23. The molecule has 5 nitrogen and oxygen atoms in total. The van der Waals surface area contributed by atoms with Crippen LogP contribution in [0, 0.1) is 18.6 Å². The molecule has 0 aliphatic heterocycles. The molecular formula is C20H24F2IN5. The topological polar surface area (TPSA) is 53.7 Å². The smallest absolute Gasteiger partial charge is 0.190 e. The predicted molar refractivity (Wildman–Crippen MR) is 118 cm³/mol. The minimum Gasteiger partial charge on any atom is -0.356 e. The van der Waals surface area contributed by atoms with Gasteiger partial charge < -0.3 is 15.0 Å². The summed E-state index contributed by atoms with van der Waals surface area (Å²) in [6, 6.07) is 7.53. The Morgan fingerprint density at radius 2 is 1.89 bits per heavy atom. The van der Waals surface area contributed by atoms with Gasteiger partial charge in [0.15, 0.2) is 5.96 Å². The van der Waals surface area contributed by atoms with E-state index in [-0.39, 0.29) is 24.0 Å². The van der Waals surface area contributed by atoms with Gasteiger partial charge in [-0.25, -0.2) is 13.8 Å². The molecule has 150 valence electrons. The number of imidazole rings is 1. The summed E-state index contributed by atoms with van der Waals surface area (Å²) in [4.78, 5) is 8.79. The molecule has 0 unspecified atom stereocenters. The standard InChI is InChI=1S/C20H23F2N5.HI/c1-14-4-3-11-27-13-17(26-19(14)27)8-10-25-20(23-2)24-9-7-15-12-16(21)5-6-18(15)22;/h3-6,11-13H,7-10H2,1-2H3,(H2,23,24,25);1H. The maximum absolute atomic E-state index is 13.6.